The van der Waals surface area contributed by atoms with Gasteiger partial charge in [-0.2, -0.15) is 13.2 Å². The SMILES string of the molecule is CC(C)(C)C1([C@H](N2CCC(=O)N2)C(F)(F)F)C=Cc2ccccc2C1. The lowest BCUT2D eigenvalue weighted by Gasteiger charge is -2.52. The third-order valence-electron chi connectivity index (χ3n) is 5.45. The van der Waals surface area contributed by atoms with E-state index in [9.17, 15) is 18.0 Å². The molecule has 0 aromatic heterocycles. The number of nitrogens with one attached hydrogen (secondary N) is 1. The van der Waals surface area contributed by atoms with Crippen molar-refractivity contribution in [3.8, 4) is 0 Å². The van der Waals surface area contributed by atoms with Crippen LogP contribution in [0.15, 0.2) is 30.3 Å². The van der Waals surface area contributed by atoms with Crippen molar-refractivity contribution < 1.29 is 18.0 Å². The molecule has 0 saturated carbocycles. The van der Waals surface area contributed by atoms with Gasteiger partial charge in [-0.05, 0) is 23.0 Å². The van der Waals surface area contributed by atoms with E-state index in [1.807, 2.05) is 45.0 Å². The van der Waals surface area contributed by atoms with E-state index in [4.69, 9.17) is 0 Å². The van der Waals surface area contributed by atoms with Crippen LogP contribution < -0.4 is 5.43 Å². The highest BCUT2D eigenvalue weighted by molar-refractivity contribution is 5.77. The Kier molecular flexibility index (Phi) is 4.22. The highest BCUT2D eigenvalue weighted by atomic mass is 19.4. The van der Waals surface area contributed by atoms with Gasteiger partial charge in [0.15, 0.2) is 0 Å². The Hall–Kier alpha value is -1.82. The van der Waals surface area contributed by atoms with Gasteiger partial charge < -0.3 is 0 Å². The van der Waals surface area contributed by atoms with E-state index in [0.717, 1.165) is 16.1 Å². The molecule has 1 saturated heterocycles. The quantitative estimate of drug-likeness (QED) is 0.874. The minimum Gasteiger partial charge on any atom is -0.288 e. The van der Waals surface area contributed by atoms with Crippen molar-refractivity contribution in [2.75, 3.05) is 6.54 Å². The Balaban J connectivity index is 2.13. The van der Waals surface area contributed by atoms with Crippen molar-refractivity contribution in [1.82, 2.24) is 10.4 Å². The van der Waals surface area contributed by atoms with Crippen LogP contribution in [0.4, 0.5) is 13.2 Å². The van der Waals surface area contributed by atoms with Gasteiger partial charge in [-0.25, -0.2) is 5.01 Å². The largest absolute Gasteiger partial charge is 0.406 e. The lowest BCUT2D eigenvalue weighted by atomic mass is 9.57. The Morgan fingerprint density at radius 1 is 1.20 bits per heavy atom. The maximum absolute atomic E-state index is 14.2. The first-order valence-electron chi connectivity index (χ1n) is 8.45. The molecule has 1 aromatic carbocycles. The van der Waals surface area contributed by atoms with Crippen LogP contribution in [0.5, 0.6) is 0 Å². The number of benzene rings is 1. The van der Waals surface area contributed by atoms with Crippen LogP contribution in [0, 0.1) is 10.8 Å². The van der Waals surface area contributed by atoms with Crippen molar-refractivity contribution in [2.24, 2.45) is 10.8 Å². The van der Waals surface area contributed by atoms with Crippen molar-refractivity contribution in [3.05, 3.63) is 41.5 Å². The first kappa shape index (κ1) is 18.0. The molecule has 1 N–H and O–H groups in total. The van der Waals surface area contributed by atoms with Gasteiger partial charge in [0, 0.05) is 18.4 Å². The standard InChI is InChI=1S/C19H23F3N2O/c1-17(2,3)18(10-8-13-6-4-5-7-14(13)12-18)16(19(20,21)22)24-11-9-15(25)23-24/h4-8,10,16H,9,11-12H2,1-3H3,(H,23,25)/t16-,18?/m0/s1. The van der Waals surface area contributed by atoms with Crippen LogP contribution in [0.2, 0.25) is 0 Å². The molecule has 2 aliphatic rings. The number of hydrogen-bond acceptors (Lipinski definition) is 2. The zero-order chi connectivity index (χ0) is 18.5. The van der Waals surface area contributed by atoms with Crippen molar-refractivity contribution in [3.63, 3.8) is 0 Å². The highest BCUT2D eigenvalue weighted by Gasteiger charge is 2.61. The topological polar surface area (TPSA) is 32.3 Å². The summed E-state index contributed by atoms with van der Waals surface area (Å²) in [6.45, 7) is 5.57. The van der Waals surface area contributed by atoms with Crippen LogP contribution in [0.1, 0.15) is 38.3 Å². The number of nitrogens with zero attached hydrogens (tertiary/aromatic N) is 1. The molecular formula is C19H23F3N2O. The second-order valence-corrected chi connectivity index (χ2v) is 7.92. The molecule has 0 spiro atoms. The van der Waals surface area contributed by atoms with Gasteiger partial charge in [-0.1, -0.05) is 57.2 Å². The van der Waals surface area contributed by atoms with E-state index in [1.165, 1.54) is 0 Å². The summed E-state index contributed by atoms with van der Waals surface area (Å²) >= 11 is 0. The summed E-state index contributed by atoms with van der Waals surface area (Å²) in [6, 6.07) is 5.76. The Morgan fingerprint density at radius 3 is 2.44 bits per heavy atom. The van der Waals surface area contributed by atoms with Crippen molar-refractivity contribution in [2.45, 2.75) is 45.8 Å². The molecule has 3 rings (SSSR count). The van der Waals surface area contributed by atoms with Crippen LogP contribution in [-0.4, -0.2) is 29.7 Å². The molecule has 2 atom stereocenters. The van der Waals surface area contributed by atoms with E-state index >= 15 is 0 Å². The third-order valence-corrected chi connectivity index (χ3v) is 5.45. The molecule has 1 aliphatic heterocycles. The fourth-order valence-corrected chi connectivity index (χ4v) is 4.02. The predicted molar refractivity (Wildman–Crippen MR) is 90.4 cm³/mol. The summed E-state index contributed by atoms with van der Waals surface area (Å²) < 4.78 is 42.6. The summed E-state index contributed by atoms with van der Waals surface area (Å²) in [5.41, 5.74) is 2.43. The summed E-state index contributed by atoms with van der Waals surface area (Å²) in [5, 5.41) is 1.09. The number of rotatable bonds is 2. The second-order valence-electron chi connectivity index (χ2n) is 7.92. The van der Waals surface area contributed by atoms with E-state index in [1.54, 1.807) is 12.2 Å². The lowest BCUT2D eigenvalue weighted by Crippen LogP contribution is -2.63. The lowest BCUT2D eigenvalue weighted by molar-refractivity contribution is -0.227. The van der Waals surface area contributed by atoms with Gasteiger partial charge in [0.2, 0.25) is 5.91 Å². The summed E-state index contributed by atoms with van der Waals surface area (Å²) in [7, 11) is 0. The molecule has 25 heavy (non-hydrogen) atoms. The number of fused-ring (bicyclic) bond motifs is 1. The Labute approximate surface area is 145 Å². The van der Waals surface area contributed by atoms with Crippen LogP contribution in [-0.2, 0) is 11.2 Å². The fourth-order valence-electron chi connectivity index (χ4n) is 4.02. The minimum atomic E-state index is -4.47. The molecular weight excluding hydrogens is 329 g/mol. The molecule has 0 bridgehead atoms. The molecule has 1 aromatic rings. The maximum Gasteiger partial charge on any atom is 0.406 e. The molecule has 1 unspecified atom stereocenters. The first-order chi connectivity index (χ1) is 11.5. The number of carbonyl (C=O) groups excluding carboxylic acids is 1. The molecule has 1 amide bonds. The number of hydrazine groups is 1. The second kappa shape index (κ2) is 5.87. The van der Waals surface area contributed by atoms with Crippen molar-refractivity contribution in [1.29, 1.82) is 0 Å². The van der Waals surface area contributed by atoms with Gasteiger partial charge in [0.05, 0.1) is 0 Å². The average molecular weight is 352 g/mol. The predicted octanol–water partition coefficient (Wildman–Crippen LogP) is 3.96. The fraction of sp³-hybridized carbons (Fsp3) is 0.526. The number of hydrogen-bond donors (Lipinski definition) is 1. The normalized spacial score (nSPS) is 25.6. The number of carbonyl (C=O) groups is 1. The summed E-state index contributed by atoms with van der Waals surface area (Å²) in [4.78, 5) is 11.6. The zero-order valence-electron chi connectivity index (χ0n) is 14.7. The average Bonchev–Trinajstić information content (AvgIpc) is 2.90. The van der Waals surface area contributed by atoms with Gasteiger partial charge in [0.25, 0.3) is 0 Å². The van der Waals surface area contributed by atoms with Crippen LogP contribution in [0.25, 0.3) is 6.08 Å². The first-order valence-corrected chi connectivity index (χ1v) is 8.45. The zero-order valence-corrected chi connectivity index (χ0v) is 14.7. The smallest absolute Gasteiger partial charge is 0.288 e. The monoisotopic (exact) mass is 352 g/mol. The van der Waals surface area contributed by atoms with Crippen molar-refractivity contribution >= 4 is 12.0 Å². The van der Waals surface area contributed by atoms with Crippen LogP contribution in [0.3, 0.4) is 0 Å². The number of halogens is 3. The van der Waals surface area contributed by atoms with E-state index in [0.29, 0.717) is 0 Å². The van der Waals surface area contributed by atoms with Gasteiger partial charge in [-0.3, -0.25) is 10.2 Å². The molecule has 1 fully saturated rings. The van der Waals surface area contributed by atoms with E-state index in [2.05, 4.69) is 5.43 Å². The van der Waals surface area contributed by atoms with E-state index < -0.39 is 23.0 Å². The molecule has 136 valence electrons. The molecule has 6 heteroatoms. The molecule has 1 aliphatic carbocycles. The van der Waals surface area contributed by atoms with E-state index in [-0.39, 0.29) is 25.3 Å². The van der Waals surface area contributed by atoms with Gasteiger partial charge in [-0.15, -0.1) is 0 Å². The van der Waals surface area contributed by atoms with Gasteiger partial charge >= 0.3 is 6.18 Å². The molecule has 0 radical (unpaired) electrons. The Bertz CT molecular complexity index is 705. The van der Waals surface area contributed by atoms with Gasteiger partial charge in [0.1, 0.15) is 6.04 Å². The summed E-state index contributed by atoms with van der Waals surface area (Å²) in [5.74, 6) is -0.363. The van der Waals surface area contributed by atoms with Crippen LogP contribution >= 0.6 is 0 Å². The molecule has 1 heterocycles. The minimum absolute atomic E-state index is 0.0658. The Morgan fingerprint density at radius 2 is 1.88 bits per heavy atom. The number of alkyl halides is 3. The summed E-state index contributed by atoms with van der Waals surface area (Å²) in [6.07, 6.45) is -0.604. The number of amides is 1. The molecule has 3 nitrogen and oxygen atoms in total. The maximum atomic E-state index is 14.2. The highest BCUT2D eigenvalue weighted by Crippen LogP contribution is 2.54. The third kappa shape index (κ3) is 3.08.